The van der Waals surface area contributed by atoms with Gasteiger partial charge in [0.15, 0.2) is 0 Å². The average Bonchev–Trinajstić information content (AvgIpc) is 3.07. The Morgan fingerprint density at radius 1 is 1.40 bits per heavy atom. The lowest BCUT2D eigenvalue weighted by atomic mass is 9.76. The number of rotatable bonds is 7. The SMILES string of the molecule is CCC1(NS(=O)(=O)c2c[nH]c(CNC3CC3)c2)CCC1. The summed E-state index contributed by atoms with van der Waals surface area (Å²) in [7, 11) is -3.40. The van der Waals surface area contributed by atoms with Crippen LogP contribution in [0, 0.1) is 0 Å². The summed E-state index contributed by atoms with van der Waals surface area (Å²) in [5, 5.41) is 3.37. The van der Waals surface area contributed by atoms with Crippen molar-refractivity contribution in [3.05, 3.63) is 18.0 Å². The number of aromatic nitrogens is 1. The summed E-state index contributed by atoms with van der Waals surface area (Å²) in [5.41, 5.74) is 0.721. The Balaban J connectivity index is 1.67. The van der Waals surface area contributed by atoms with Gasteiger partial charge in [-0.05, 0) is 44.6 Å². The predicted molar refractivity (Wildman–Crippen MR) is 77.8 cm³/mol. The lowest BCUT2D eigenvalue weighted by Crippen LogP contribution is -2.52. The number of aromatic amines is 1. The van der Waals surface area contributed by atoms with Gasteiger partial charge < -0.3 is 10.3 Å². The fourth-order valence-corrected chi connectivity index (χ4v) is 4.24. The lowest BCUT2D eigenvalue weighted by Gasteiger charge is -2.41. The van der Waals surface area contributed by atoms with Gasteiger partial charge in [-0.3, -0.25) is 0 Å². The summed E-state index contributed by atoms with van der Waals surface area (Å²) in [6, 6.07) is 2.36. The Morgan fingerprint density at radius 2 is 2.15 bits per heavy atom. The summed E-state index contributed by atoms with van der Waals surface area (Å²) in [4.78, 5) is 3.40. The van der Waals surface area contributed by atoms with E-state index in [-0.39, 0.29) is 5.54 Å². The van der Waals surface area contributed by atoms with Crippen LogP contribution in [0.4, 0.5) is 0 Å². The third kappa shape index (κ3) is 2.92. The molecule has 0 bridgehead atoms. The van der Waals surface area contributed by atoms with E-state index in [0.717, 1.165) is 31.4 Å². The van der Waals surface area contributed by atoms with E-state index in [4.69, 9.17) is 0 Å². The van der Waals surface area contributed by atoms with Crippen LogP contribution in [-0.4, -0.2) is 25.0 Å². The standard InChI is InChI=1S/C14H23N3O2S/c1-2-14(6-3-7-14)17-20(18,19)13-8-12(16-10-13)9-15-11-4-5-11/h8,10-11,15-17H,2-7,9H2,1H3. The van der Waals surface area contributed by atoms with E-state index in [1.165, 1.54) is 12.8 Å². The molecule has 0 spiro atoms. The highest BCUT2D eigenvalue weighted by Gasteiger charge is 2.39. The van der Waals surface area contributed by atoms with Crippen molar-refractivity contribution in [2.24, 2.45) is 0 Å². The van der Waals surface area contributed by atoms with Gasteiger partial charge in [0.2, 0.25) is 10.0 Å². The maximum absolute atomic E-state index is 12.4. The highest BCUT2D eigenvalue weighted by Crippen LogP contribution is 2.36. The largest absolute Gasteiger partial charge is 0.363 e. The zero-order chi connectivity index (χ0) is 14.2. The fraction of sp³-hybridized carbons (Fsp3) is 0.714. The molecule has 3 N–H and O–H groups in total. The van der Waals surface area contributed by atoms with Crippen molar-refractivity contribution < 1.29 is 8.42 Å². The molecule has 5 nitrogen and oxygen atoms in total. The van der Waals surface area contributed by atoms with E-state index in [1.54, 1.807) is 12.3 Å². The normalized spacial score (nSPS) is 21.6. The summed E-state index contributed by atoms with van der Waals surface area (Å²) in [6.07, 6.45) is 7.91. The van der Waals surface area contributed by atoms with Crippen molar-refractivity contribution >= 4 is 10.0 Å². The maximum Gasteiger partial charge on any atom is 0.242 e. The van der Waals surface area contributed by atoms with E-state index >= 15 is 0 Å². The van der Waals surface area contributed by atoms with Crippen molar-refractivity contribution in [2.75, 3.05) is 0 Å². The number of hydrogen-bond acceptors (Lipinski definition) is 3. The number of nitrogens with one attached hydrogen (secondary N) is 3. The predicted octanol–water partition coefficient (Wildman–Crippen LogP) is 1.88. The molecule has 2 aliphatic carbocycles. The second kappa shape index (κ2) is 5.16. The molecule has 2 saturated carbocycles. The van der Waals surface area contributed by atoms with Crippen LogP contribution in [0.3, 0.4) is 0 Å². The van der Waals surface area contributed by atoms with Crippen LogP contribution < -0.4 is 10.0 Å². The number of hydrogen-bond donors (Lipinski definition) is 3. The van der Waals surface area contributed by atoms with E-state index in [2.05, 4.69) is 15.0 Å². The first-order valence-electron chi connectivity index (χ1n) is 7.48. The molecule has 2 fully saturated rings. The van der Waals surface area contributed by atoms with Gasteiger partial charge in [0.1, 0.15) is 0 Å². The molecule has 2 aliphatic rings. The summed E-state index contributed by atoms with van der Waals surface area (Å²) in [5.74, 6) is 0. The number of H-pyrrole nitrogens is 1. The van der Waals surface area contributed by atoms with Gasteiger partial charge in [0, 0.05) is 30.0 Å². The Bertz CT molecular complexity index is 565. The zero-order valence-electron chi connectivity index (χ0n) is 11.9. The first kappa shape index (κ1) is 14.1. The van der Waals surface area contributed by atoms with Crippen LogP contribution >= 0.6 is 0 Å². The van der Waals surface area contributed by atoms with E-state index in [1.807, 2.05) is 6.92 Å². The van der Waals surface area contributed by atoms with Gasteiger partial charge in [0.25, 0.3) is 0 Å². The van der Waals surface area contributed by atoms with Crippen molar-refractivity contribution in [2.45, 2.75) is 68.5 Å². The summed E-state index contributed by atoms with van der Waals surface area (Å²) >= 11 is 0. The van der Waals surface area contributed by atoms with E-state index < -0.39 is 10.0 Å². The molecule has 0 aromatic carbocycles. The first-order chi connectivity index (χ1) is 9.53. The molecule has 0 atom stereocenters. The van der Waals surface area contributed by atoms with Crippen molar-refractivity contribution in [1.29, 1.82) is 0 Å². The van der Waals surface area contributed by atoms with Crippen LogP contribution in [0.25, 0.3) is 0 Å². The number of sulfonamides is 1. The van der Waals surface area contributed by atoms with Crippen LogP contribution in [0.1, 0.15) is 51.1 Å². The van der Waals surface area contributed by atoms with Crippen molar-refractivity contribution in [3.63, 3.8) is 0 Å². The third-order valence-corrected chi connectivity index (χ3v) is 6.08. The molecule has 112 valence electrons. The molecular weight excluding hydrogens is 274 g/mol. The van der Waals surface area contributed by atoms with Crippen LogP contribution in [0.2, 0.25) is 0 Å². The quantitative estimate of drug-likeness (QED) is 0.719. The molecule has 1 aromatic rings. The molecule has 0 radical (unpaired) electrons. The second-order valence-electron chi connectivity index (χ2n) is 6.11. The first-order valence-corrected chi connectivity index (χ1v) is 8.96. The molecule has 0 aliphatic heterocycles. The molecule has 1 heterocycles. The van der Waals surface area contributed by atoms with Gasteiger partial charge in [-0.2, -0.15) is 0 Å². The summed E-state index contributed by atoms with van der Waals surface area (Å²) in [6.45, 7) is 2.75. The summed E-state index contributed by atoms with van der Waals surface area (Å²) < 4.78 is 27.7. The Hall–Kier alpha value is -0.850. The maximum atomic E-state index is 12.4. The van der Waals surface area contributed by atoms with Crippen molar-refractivity contribution in [1.82, 2.24) is 15.0 Å². The van der Waals surface area contributed by atoms with Gasteiger partial charge >= 0.3 is 0 Å². The topological polar surface area (TPSA) is 74.0 Å². The smallest absolute Gasteiger partial charge is 0.242 e. The molecule has 0 amide bonds. The molecule has 1 aromatic heterocycles. The highest BCUT2D eigenvalue weighted by molar-refractivity contribution is 7.89. The van der Waals surface area contributed by atoms with Gasteiger partial charge in [-0.25, -0.2) is 13.1 Å². The van der Waals surface area contributed by atoms with Gasteiger partial charge in [-0.1, -0.05) is 6.92 Å². The lowest BCUT2D eigenvalue weighted by molar-refractivity contribution is 0.214. The minimum Gasteiger partial charge on any atom is -0.363 e. The second-order valence-corrected chi connectivity index (χ2v) is 7.79. The van der Waals surface area contributed by atoms with Crippen LogP contribution in [-0.2, 0) is 16.6 Å². The average molecular weight is 297 g/mol. The Morgan fingerprint density at radius 3 is 2.70 bits per heavy atom. The third-order valence-electron chi connectivity index (χ3n) is 4.52. The van der Waals surface area contributed by atoms with Gasteiger partial charge in [0.05, 0.1) is 4.90 Å². The highest BCUT2D eigenvalue weighted by atomic mass is 32.2. The molecule has 6 heteroatoms. The fourth-order valence-electron chi connectivity index (χ4n) is 2.69. The van der Waals surface area contributed by atoms with Crippen LogP contribution in [0.15, 0.2) is 17.2 Å². The Kier molecular flexibility index (Phi) is 3.64. The Labute approximate surface area is 120 Å². The van der Waals surface area contributed by atoms with Crippen molar-refractivity contribution in [3.8, 4) is 0 Å². The molecule has 20 heavy (non-hydrogen) atoms. The minimum absolute atomic E-state index is 0.206. The molecule has 0 saturated heterocycles. The van der Waals surface area contributed by atoms with Crippen LogP contribution in [0.5, 0.6) is 0 Å². The van der Waals surface area contributed by atoms with E-state index in [0.29, 0.717) is 17.5 Å². The molecule has 0 unspecified atom stereocenters. The van der Waals surface area contributed by atoms with E-state index in [9.17, 15) is 8.42 Å². The zero-order valence-corrected chi connectivity index (χ0v) is 12.7. The molecule has 3 rings (SSSR count). The minimum atomic E-state index is -3.40. The monoisotopic (exact) mass is 297 g/mol. The molecular formula is C14H23N3O2S. The van der Waals surface area contributed by atoms with Gasteiger partial charge in [-0.15, -0.1) is 0 Å².